The number of likely N-dealkylation sites (N-methyl/N-ethyl adjacent to an activating group) is 1. The minimum Gasteiger partial charge on any atom is -0.350 e. The molecule has 120 valence electrons. The maximum atomic E-state index is 13.8. The summed E-state index contributed by atoms with van der Waals surface area (Å²) in [5, 5.41) is 0.328. The van der Waals surface area contributed by atoms with Crippen LogP contribution >= 0.6 is 15.9 Å². The molecule has 6 nitrogen and oxygen atoms in total. The highest BCUT2D eigenvalue weighted by Gasteiger charge is 2.16. The van der Waals surface area contributed by atoms with Gasteiger partial charge in [-0.15, -0.1) is 0 Å². The van der Waals surface area contributed by atoms with Crippen LogP contribution in [-0.2, 0) is 10.0 Å². The summed E-state index contributed by atoms with van der Waals surface area (Å²) in [4.78, 5) is 16.5. The molecule has 0 bridgehead atoms. The molecule has 0 fully saturated rings. The lowest BCUT2D eigenvalue weighted by atomic mass is 10.2. The number of carbonyl (C=O) groups excluding carboxylic acids is 1. The highest BCUT2D eigenvalue weighted by Crippen LogP contribution is 2.24. The molecule has 0 saturated heterocycles. The van der Waals surface area contributed by atoms with Crippen molar-refractivity contribution in [1.82, 2.24) is 14.6 Å². The molecule has 1 aromatic heterocycles. The lowest BCUT2D eigenvalue weighted by Crippen LogP contribution is -2.35. The van der Waals surface area contributed by atoms with Crippen molar-refractivity contribution in [2.75, 3.05) is 26.4 Å². The van der Waals surface area contributed by atoms with Crippen molar-refractivity contribution in [3.05, 3.63) is 34.2 Å². The molecular formula is C13H15BrFN3O3S. The third-order valence-corrected chi connectivity index (χ3v) is 4.23. The van der Waals surface area contributed by atoms with Gasteiger partial charge in [0.1, 0.15) is 11.5 Å². The van der Waals surface area contributed by atoms with Crippen molar-refractivity contribution in [1.29, 1.82) is 0 Å². The fourth-order valence-electron chi connectivity index (χ4n) is 1.98. The molecule has 0 spiro atoms. The molecule has 22 heavy (non-hydrogen) atoms. The number of halogens is 2. The van der Waals surface area contributed by atoms with Crippen LogP contribution in [0.2, 0.25) is 0 Å². The number of hydrogen-bond acceptors (Lipinski definition) is 3. The van der Waals surface area contributed by atoms with Crippen LogP contribution in [0.15, 0.2) is 22.7 Å². The van der Waals surface area contributed by atoms with Crippen LogP contribution in [0, 0.1) is 5.82 Å². The number of benzene rings is 1. The first kappa shape index (κ1) is 16.9. The quantitative estimate of drug-likeness (QED) is 0.813. The van der Waals surface area contributed by atoms with Crippen molar-refractivity contribution in [2.24, 2.45) is 0 Å². The molecule has 0 aliphatic rings. The van der Waals surface area contributed by atoms with Gasteiger partial charge in [-0.2, -0.15) is 0 Å². The number of sulfonamides is 1. The Morgan fingerprint density at radius 3 is 2.73 bits per heavy atom. The van der Waals surface area contributed by atoms with Crippen LogP contribution in [0.1, 0.15) is 10.5 Å². The molecule has 2 rings (SSSR count). The number of fused-ring (bicyclic) bond motifs is 1. The Bertz CT molecular complexity index is 819. The maximum absolute atomic E-state index is 13.8. The second-order valence-corrected chi connectivity index (χ2v) is 7.67. The summed E-state index contributed by atoms with van der Waals surface area (Å²) in [6, 6.07) is 4.45. The summed E-state index contributed by atoms with van der Waals surface area (Å²) in [6.07, 6.45) is 1.05. The Balaban J connectivity index is 2.14. The largest absolute Gasteiger partial charge is 0.350 e. The van der Waals surface area contributed by atoms with E-state index in [1.807, 2.05) is 0 Å². The summed E-state index contributed by atoms with van der Waals surface area (Å²) >= 11 is 3.19. The normalized spacial score (nSPS) is 11.8. The molecule has 1 aromatic carbocycles. The van der Waals surface area contributed by atoms with Crippen LogP contribution < -0.4 is 4.72 Å². The molecule has 0 aliphatic heterocycles. The van der Waals surface area contributed by atoms with E-state index in [-0.39, 0.29) is 24.7 Å². The first-order valence-corrected chi connectivity index (χ1v) is 9.03. The first-order chi connectivity index (χ1) is 10.2. The minimum absolute atomic E-state index is 0.112. The van der Waals surface area contributed by atoms with E-state index in [9.17, 15) is 17.6 Å². The van der Waals surface area contributed by atoms with Crippen molar-refractivity contribution >= 4 is 42.8 Å². The van der Waals surface area contributed by atoms with E-state index in [0.29, 0.717) is 15.4 Å². The number of amides is 1. The first-order valence-electron chi connectivity index (χ1n) is 6.35. The van der Waals surface area contributed by atoms with E-state index in [2.05, 4.69) is 25.6 Å². The van der Waals surface area contributed by atoms with E-state index in [1.54, 1.807) is 13.1 Å². The van der Waals surface area contributed by atoms with Crippen molar-refractivity contribution in [3.8, 4) is 0 Å². The van der Waals surface area contributed by atoms with Crippen LogP contribution in [0.25, 0.3) is 10.9 Å². The summed E-state index contributed by atoms with van der Waals surface area (Å²) in [5.74, 6) is -0.775. The summed E-state index contributed by atoms with van der Waals surface area (Å²) in [5.41, 5.74) is 0.756. The maximum Gasteiger partial charge on any atom is 0.270 e. The SMILES string of the molecule is CN(CCNS(C)(=O)=O)C(=O)c1cc2c(F)cc(Br)cc2[nH]1. The van der Waals surface area contributed by atoms with Crippen LogP contribution in [-0.4, -0.2) is 50.6 Å². The van der Waals surface area contributed by atoms with Gasteiger partial charge in [0.05, 0.1) is 11.8 Å². The van der Waals surface area contributed by atoms with Crippen LogP contribution in [0.3, 0.4) is 0 Å². The Hall–Kier alpha value is -1.45. The monoisotopic (exact) mass is 391 g/mol. The standard InChI is InChI=1S/C13H15BrFN3O3S/c1-18(4-3-16-22(2,20)21)13(19)12-7-9-10(15)5-8(14)6-11(9)17-12/h5-7,16-17H,3-4H2,1-2H3. The van der Waals surface area contributed by atoms with Gasteiger partial charge in [-0.05, 0) is 18.2 Å². The molecular weight excluding hydrogens is 377 g/mol. The second kappa shape index (κ2) is 6.35. The zero-order valence-corrected chi connectivity index (χ0v) is 14.4. The van der Waals surface area contributed by atoms with Gasteiger partial charge >= 0.3 is 0 Å². The molecule has 0 radical (unpaired) electrons. The van der Waals surface area contributed by atoms with Gasteiger partial charge in [0.25, 0.3) is 5.91 Å². The van der Waals surface area contributed by atoms with E-state index < -0.39 is 15.8 Å². The lowest BCUT2D eigenvalue weighted by molar-refractivity contribution is 0.0793. The van der Waals surface area contributed by atoms with E-state index in [1.165, 1.54) is 17.0 Å². The highest BCUT2D eigenvalue weighted by molar-refractivity contribution is 9.10. The van der Waals surface area contributed by atoms with Crippen molar-refractivity contribution < 1.29 is 17.6 Å². The molecule has 1 amide bonds. The third-order valence-electron chi connectivity index (χ3n) is 3.04. The predicted molar refractivity (Wildman–Crippen MR) is 85.8 cm³/mol. The third kappa shape index (κ3) is 4.05. The van der Waals surface area contributed by atoms with Gasteiger partial charge in [-0.25, -0.2) is 17.5 Å². The Kier molecular flexibility index (Phi) is 4.88. The Morgan fingerprint density at radius 1 is 1.41 bits per heavy atom. The smallest absolute Gasteiger partial charge is 0.270 e. The van der Waals surface area contributed by atoms with Crippen molar-refractivity contribution in [3.63, 3.8) is 0 Å². The molecule has 0 atom stereocenters. The number of nitrogens with zero attached hydrogens (tertiary/aromatic N) is 1. The number of hydrogen-bond donors (Lipinski definition) is 2. The topological polar surface area (TPSA) is 82.3 Å². The summed E-state index contributed by atoms with van der Waals surface area (Å²) < 4.78 is 38.6. The van der Waals surface area contributed by atoms with Gasteiger partial charge in [-0.1, -0.05) is 15.9 Å². The average molecular weight is 392 g/mol. The van der Waals surface area contributed by atoms with Gasteiger partial charge in [0.15, 0.2) is 0 Å². The molecule has 0 unspecified atom stereocenters. The van der Waals surface area contributed by atoms with E-state index in [0.717, 1.165) is 6.26 Å². The highest BCUT2D eigenvalue weighted by atomic mass is 79.9. The number of carbonyl (C=O) groups is 1. The fourth-order valence-corrected chi connectivity index (χ4v) is 2.87. The van der Waals surface area contributed by atoms with Crippen molar-refractivity contribution in [2.45, 2.75) is 0 Å². The Labute approximate surface area is 135 Å². The van der Waals surface area contributed by atoms with E-state index >= 15 is 0 Å². The number of H-pyrrole nitrogens is 1. The molecule has 9 heteroatoms. The summed E-state index contributed by atoms with van der Waals surface area (Å²) in [6.45, 7) is 0.314. The number of nitrogens with one attached hydrogen (secondary N) is 2. The molecule has 0 aliphatic carbocycles. The lowest BCUT2D eigenvalue weighted by Gasteiger charge is -2.16. The average Bonchev–Trinajstić information content (AvgIpc) is 2.80. The van der Waals surface area contributed by atoms with E-state index in [4.69, 9.17) is 0 Å². The molecule has 2 N–H and O–H groups in total. The Morgan fingerprint density at radius 2 is 2.09 bits per heavy atom. The number of aromatic amines is 1. The second-order valence-electron chi connectivity index (χ2n) is 4.93. The summed E-state index contributed by atoms with van der Waals surface area (Å²) in [7, 11) is -1.75. The van der Waals surface area contributed by atoms with Gasteiger partial charge in [0, 0.05) is 30.0 Å². The van der Waals surface area contributed by atoms with Crippen LogP contribution in [0.5, 0.6) is 0 Å². The number of aromatic nitrogens is 1. The zero-order valence-electron chi connectivity index (χ0n) is 12.0. The number of rotatable bonds is 5. The fraction of sp³-hybridized carbons (Fsp3) is 0.308. The van der Waals surface area contributed by atoms with Gasteiger partial charge < -0.3 is 9.88 Å². The predicted octanol–water partition coefficient (Wildman–Crippen LogP) is 1.69. The molecule has 1 heterocycles. The van der Waals surface area contributed by atoms with Crippen LogP contribution in [0.4, 0.5) is 4.39 Å². The van der Waals surface area contributed by atoms with Gasteiger partial charge in [0.2, 0.25) is 10.0 Å². The molecule has 2 aromatic rings. The van der Waals surface area contributed by atoms with Gasteiger partial charge in [-0.3, -0.25) is 4.79 Å². The minimum atomic E-state index is -3.29. The molecule has 0 saturated carbocycles. The zero-order chi connectivity index (χ0) is 16.5.